The van der Waals surface area contributed by atoms with Crippen LogP contribution in [0.1, 0.15) is 25.0 Å². The van der Waals surface area contributed by atoms with Crippen LogP contribution in [0.4, 0.5) is 0 Å². The second-order valence-electron chi connectivity index (χ2n) is 5.51. The predicted octanol–water partition coefficient (Wildman–Crippen LogP) is 3.15. The molecule has 6 nitrogen and oxygen atoms in total. The first-order chi connectivity index (χ1) is 12.6. The van der Waals surface area contributed by atoms with Crippen molar-refractivity contribution >= 4 is 12.1 Å². The highest BCUT2D eigenvalue weighted by molar-refractivity contribution is 5.81. The van der Waals surface area contributed by atoms with Crippen LogP contribution < -0.4 is 14.8 Å². The van der Waals surface area contributed by atoms with Gasteiger partial charge in [0.1, 0.15) is 11.5 Å². The van der Waals surface area contributed by atoms with E-state index in [1.807, 2.05) is 55.5 Å². The van der Waals surface area contributed by atoms with Crippen LogP contribution in [0.15, 0.2) is 53.7 Å². The quantitative estimate of drug-likeness (QED) is 0.553. The lowest BCUT2D eigenvalue weighted by molar-refractivity contribution is -0.131. The molecule has 0 aliphatic rings. The van der Waals surface area contributed by atoms with E-state index in [0.29, 0.717) is 13.2 Å². The van der Waals surface area contributed by atoms with Crippen LogP contribution in [0.5, 0.6) is 11.5 Å². The number of methoxy groups -OCH3 is 1. The summed E-state index contributed by atoms with van der Waals surface area (Å²) in [6.07, 6.45) is 0.850. The minimum Gasteiger partial charge on any atom is -0.496 e. The SMILES string of the molecule is CCOc1ccc(/C=N/OC(C)C(=O)NCc2ccccc2OC)cc1. The molecule has 0 spiro atoms. The summed E-state index contributed by atoms with van der Waals surface area (Å²) in [7, 11) is 1.60. The lowest BCUT2D eigenvalue weighted by Gasteiger charge is -2.12. The van der Waals surface area contributed by atoms with Gasteiger partial charge in [0.15, 0.2) is 0 Å². The van der Waals surface area contributed by atoms with Gasteiger partial charge in [0.25, 0.3) is 5.91 Å². The molecule has 0 saturated carbocycles. The number of nitrogens with zero attached hydrogens (tertiary/aromatic N) is 1. The van der Waals surface area contributed by atoms with Crippen molar-refractivity contribution in [2.45, 2.75) is 26.5 Å². The topological polar surface area (TPSA) is 69.2 Å². The van der Waals surface area contributed by atoms with E-state index in [-0.39, 0.29) is 5.91 Å². The van der Waals surface area contributed by atoms with E-state index in [4.69, 9.17) is 14.3 Å². The molecule has 0 heterocycles. The molecule has 0 aliphatic heterocycles. The normalized spacial score (nSPS) is 11.8. The molecule has 0 bridgehead atoms. The molecule has 2 rings (SSSR count). The Morgan fingerprint density at radius 3 is 2.62 bits per heavy atom. The Morgan fingerprint density at radius 2 is 1.92 bits per heavy atom. The van der Waals surface area contributed by atoms with E-state index >= 15 is 0 Å². The second-order valence-corrected chi connectivity index (χ2v) is 5.51. The van der Waals surface area contributed by atoms with Crippen molar-refractivity contribution in [2.24, 2.45) is 5.16 Å². The molecule has 6 heteroatoms. The molecule has 0 saturated heterocycles. The molecule has 1 unspecified atom stereocenters. The van der Waals surface area contributed by atoms with Crippen molar-refractivity contribution in [1.29, 1.82) is 0 Å². The number of ether oxygens (including phenoxy) is 2. The molecule has 0 aliphatic carbocycles. The molecule has 1 amide bonds. The van der Waals surface area contributed by atoms with E-state index < -0.39 is 6.10 Å². The average molecular weight is 356 g/mol. The Hall–Kier alpha value is -3.02. The molecule has 0 aromatic heterocycles. The van der Waals surface area contributed by atoms with Gasteiger partial charge in [-0.3, -0.25) is 4.79 Å². The number of rotatable bonds is 9. The summed E-state index contributed by atoms with van der Waals surface area (Å²) in [5, 5.41) is 6.68. The van der Waals surface area contributed by atoms with E-state index in [0.717, 1.165) is 22.6 Å². The maximum absolute atomic E-state index is 12.1. The van der Waals surface area contributed by atoms with Gasteiger partial charge < -0.3 is 19.6 Å². The van der Waals surface area contributed by atoms with Crippen molar-refractivity contribution < 1.29 is 19.1 Å². The summed E-state index contributed by atoms with van der Waals surface area (Å²) in [5.41, 5.74) is 1.75. The average Bonchev–Trinajstić information content (AvgIpc) is 2.67. The lowest BCUT2D eigenvalue weighted by atomic mass is 10.2. The Balaban J connectivity index is 1.81. The fourth-order valence-corrected chi connectivity index (χ4v) is 2.22. The molecule has 1 atom stereocenters. The van der Waals surface area contributed by atoms with Gasteiger partial charge in [-0.05, 0) is 49.7 Å². The van der Waals surface area contributed by atoms with Gasteiger partial charge in [-0.1, -0.05) is 23.4 Å². The van der Waals surface area contributed by atoms with Gasteiger partial charge in [0.05, 0.1) is 19.9 Å². The first-order valence-corrected chi connectivity index (χ1v) is 8.45. The van der Waals surface area contributed by atoms with E-state index in [1.54, 1.807) is 20.2 Å². The Labute approximate surface area is 153 Å². The molecule has 1 N–H and O–H groups in total. The zero-order valence-electron chi connectivity index (χ0n) is 15.3. The van der Waals surface area contributed by atoms with Crippen LogP contribution in [0.25, 0.3) is 0 Å². The van der Waals surface area contributed by atoms with E-state index in [9.17, 15) is 4.79 Å². The zero-order valence-corrected chi connectivity index (χ0v) is 15.3. The van der Waals surface area contributed by atoms with Crippen molar-refractivity contribution in [1.82, 2.24) is 5.32 Å². The third-order valence-electron chi connectivity index (χ3n) is 3.63. The minimum atomic E-state index is -0.705. The summed E-state index contributed by atoms with van der Waals surface area (Å²) in [6, 6.07) is 15.0. The summed E-state index contributed by atoms with van der Waals surface area (Å²) >= 11 is 0. The van der Waals surface area contributed by atoms with Gasteiger partial charge in [-0.25, -0.2) is 0 Å². The summed E-state index contributed by atoms with van der Waals surface area (Å²) in [4.78, 5) is 17.3. The number of hydrogen-bond donors (Lipinski definition) is 1. The second kappa shape index (κ2) is 10.1. The highest BCUT2D eigenvalue weighted by atomic mass is 16.6. The molecule has 0 fully saturated rings. The van der Waals surface area contributed by atoms with Gasteiger partial charge >= 0.3 is 0 Å². The van der Waals surface area contributed by atoms with Crippen LogP contribution in [-0.4, -0.2) is 31.9 Å². The third-order valence-corrected chi connectivity index (χ3v) is 3.63. The molecule has 0 radical (unpaired) electrons. The third kappa shape index (κ3) is 5.81. The molecule has 2 aromatic carbocycles. The molecular weight excluding hydrogens is 332 g/mol. The number of hydrogen-bond acceptors (Lipinski definition) is 5. The molecular formula is C20H24N2O4. The zero-order chi connectivity index (χ0) is 18.8. The van der Waals surface area contributed by atoms with Crippen molar-refractivity contribution in [3.63, 3.8) is 0 Å². The number of nitrogens with one attached hydrogen (secondary N) is 1. The maximum atomic E-state index is 12.1. The first-order valence-electron chi connectivity index (χ1n) is 8.45. The Kier molecular flexibility index (Phi) is 7.49. The van der Waals surface area contributed by atoms with Crippen LogP contribution in [0, 0.1) is 0 Å². The number of oxime groups is 1. The van der Waals surface area contributed by atoms with Crippen molar-refractivity contribution in [2.75, 3.05) is 13.7 Å². The smallest absolute Gasteiger partial charge is 0.263 e. The monoisotopic (exact) mass is 356 g/mol. The number of carbonyl (C=O) groups excluding carboxylic acids is 1. The highest BCUT2D eigenvalue weighted by Gasteiger charge is 2.14. The van der Waals surface area contributed by atoms with Gasteiger partial charge in [0, 0.05) is 12.1 Å². The van der Waals surface area contributed by atoms with Crippen LogP contribution >= 0.6 is 0 Å². The van der Waals surface area contributed by atoms with Crippen LogP contribution in [0.2, 0.25) is 0 Å². The largest absolute Gasteiger partial charge is 0.496 e. The fraction of sp³-hybridized carbons (Fsp3) is 0.300. The predicted molar refractivity (Wildman–Crippen MR) is 101 cm³/mol. The van der Waals surface area contributed by atoms with E-state index in [2.05, 4.69) is 10.5 Å². The van der Waals surface area contributed by atoms with E-state index in [1.165, 1.54) is 0 Å². The van der Waals surface area contributed by atoms with Gasteiger partial charge in [-0.15, -0.1) is 0 Å². The first kappa shape index (κ1) is 19.3. The summed E-state index contributed by atoms with van der Waals surface area (Å²) < 4.78 is 10.6. The minimum absolute atomic E-state index is 0.250. The summed E-state index contributed by atoms with van der Waals surface area (Å²) in [5.74, 6) is 1.28. The number of benzene rings is 2. The molecule has 138 valence electrons. The van der Waals surface area contributed by atoms with Gasteiger partial charge in [-0.2, -0.15) is 0 Å². The maximum Gasteiger partial charge on any atom is 0.263 e. The Morgan fingerprint density at radius 1 is 1.19 bits per heavy atom. The standard InChI is InChI=1S/C20H24N2O4/c1-4-25-18-11-9-16(10-12-18)13-22-26-15(2)20(23)21-14-17-7-5-6-8-19(17)24-3/h5-13,15H,4,14H2,1-3H3,(H,21,23)/b22-13+. The molecule has 26 heavy (non-hydrogen) atoms. The van der Waals surface area contributed by atoms with Crippen LogP contribution in [0.3, 0.4) is 0 Å². The number of para-hydroxylation sites is 1. The lowest BCUT2D eigenvalue weighted by Crippen LogP contribution is -2.33. The Bertz CT molecular complexity index is 729. The van der Waals surface area contributed by atoms with Crippen LogP contribution in [-0.2, 0) is 16.2 Å². The number of amides is 1. The highest BCUT2D eigenvalue weighted by Crippen LogP contribution is 2.16. The van der Waals surface area contributed by atoms with Gasteiger partial charge in [0.2, 0.25) is 6.10 Å². The fourth-order valence-electron chi connectivity index (χ4n) is 2.22. The van der Waals surface area contributed by atoms with Crippen molar-refractivity contribution in [3.8, 4) is 11.5 Å². The van der Waals surface area contributed by atoms with Crippen molar-refractivity contribution in [3.05, 3.63) is 59.7 Å². The number of carbonyl (C=O) groups is 1. The summed E-state index contributed by atoms with van der Waals surface area (Å²) in [6.45, 7) is 4.56. The molecule has 2 aromatic rings.